The largest absolute Gasteiger partial charge is 0.345 e. The van der Waals surface area contributed by atoms with Gasteiger partial charge in [-0.15, -0.1) is 0 Å². The number of carbonyl (C=O) groups excluding carboxylic acids is 1. The summed E-state index contributed by atoms with van der Waals surface area (Å²) >= 11 is 6.00. The van der Waals surface area contributed by atoms with E-state index in [0.29, 0.717) is 0 Å². The highest BCUT2D eigenvalue weighted by Gasteiger charge is 2.18. The van der Waals surface area contributed by atoms with E-state index in [0.717, 1.165) is 5.56 Å². The Morgan fingerprint density at radius 1 is 1.16 bits per heavy atom. The van der Waals surface area contributed by atoms with Gasteiger partial charge < -0.3 is 5.32 Å². The van der Waals surface area contributed by atoms with E-state index in [2.05, 4.69) is 38.2 Å². The highest BCUT2D eigenvalue weighted by atomic mass is 35.5. The monoisotopic (exact) mass is 360 g/mol. The maximum atomic E-state index is 12.4. The van der Waals surface area contributed by atoms with E-state index in [9.17, 15) is 14.9 Å². The summed E-state index contributed by atoms with van der Waals surface area (Å²) in [6.45, 7) is 8.31. The SMILES string of the molecule is C[C@@H](NC(=O)c1ccc([N+](=O)[O-])cc1Cl)c1ccc(C(C)(C)C)cc1. The zero-order chi connectivity index (χ0) is 18.8. The number of non-ortho nitro benzene ring substituents is 1. The molecule has 0 aliphatic heterocycles. The second-order valence-corrected chi connectivity index (χ2v) is 7.40. The van der Waals surface area contributed by atoms with Crippen LogP contribution in [-0.4, -0.2) is 10.8 Å². The van der Waals surface area contributed by atoms with Crippen LogP contribution in [0.4, 0.5) is 5.69 Å². The number of hydrogen-bond donors (Lipinski definition) is 1. The fraction of sp³-hybridized carbons (Fsp3) is 0.316. The zero-order valence-corrected chi connectivity index (χ0v) is 15.4. The number of hydrogen-bond acceptors (Lipinski definition) is 3. The van der Waals surface area contributed by atoms with Crippen molar-refractivity contribution in [3.63, 3.8) is 0 Å². The van der Waals surface area contributed by atoms with Gasteiger partial charge in [0.05, 0.1) is 21.6 Å². The summed E-state index contributed by atoms with van der Waals surface area (Å²) < 4.78 is 0. The van der Waals surface area contributed by atoms with Crippen molar-refractivity contribution >= 4 is 23.2 Å². The topological polar surface area (TPSA) is 72.2 Å². The third-order valence-electron chi connectivity index (χ3n) is 4.03. The van der Waals surface area contributed by atoms with Crippen molar-refractivity contribution in [2.75, 3.05) is 0 Å². The van der Waals surface area contributed by atoms with Gasteiger partial charge in [-0.3, -0.25) is 14.9 Å². The van der Waals surface area contributed by atoms with Gasteiger partial charge in [0.15, 0.2) is 0 Å². The minimum Gasteiger partial charge on any atom is -0.345 e. The molecule has 132 valence electrons. The average molecular weight is 361 g/mol. The first-order valence-corrected chi connectivity index (χ1v) is 8.32. The van der Waals surface area contributed by atoms with Crippen LogP contribution in [0, 0.1) is 10.1 Å². The van der Waals surface area contributed by atoms with Crippen LogP contribution in [0.5, 0.6) is 0 Å². The lowest BCUT2D eigenvalue weighted by Gasteiger charge is -2.21. The summed E-state index contributed by atoms with van der Waals surface area (Å²) in [5.74, 6) is -0.368. The molecule has 0 bridgehead atoms. The summed E-state index contributed by atoms with van der Waals surface area (Å²) in [7, 11) is 0. The van der Waals surface area contributed by atoms with Crippen LogP contribution in [-0.2, 0) is 5.41 Å². The second kappa shape index (κ2) is 7.23. The lowest BCUT2D eigenvalue weighted by molar-refractivity contribution is -0.384. The molecule has 1 N–H and O–H groups in total. The Kier molecular flexibility index (Phi) is 5.48. The molecule has 1 amide bonds. The molecule has 5 nitrogen and oxygen atoms in total. The number of nitrogens with one attached hydrogen (secondary N) is 1. The molecular weight excluding hydrogens is 340 g/mol. The van der Waals surface area contributed by atoms with Crippen LogP contribution < -0.4 is 5.32 Å². The number of amides is 1. The zero-order valence-electron chi connectivity index (χ0n) is 14.7. The molecule has 1 atom stereocenters. The molecule has 2 aromatic carbocycles. The third-order valence-corrected chi connectivity index (χ3v) is 4.35. The normalized spacial score (nSPS) is 12.5. The third kappa shape index (κ3) is 4.57. The van der Waals surface area contributed by atoms with Crippen LogP contribution in [0.15, 0.2) is 42.5 Å². The minimum absolute atomic E-state index is 0.0574. The van der Waals surface area contributed by atoms with Crippen molar-refractivity contribution < 1.29 is 9.72 Å². The Hall–Kier alpha value is -2.40. The van der Waals surface area contributed by atoms with Gasteiger partial charge in [0, 0.05) is 12.1 Å². The Bertz CT molecular complexity index is 795. The Balaban J connectivity index is 2.13. The molecule has 0 heterocycles. The molecule has 25 heavy (non-hydrogen) atoms. The van der Waals surface area contributed by atoms with Crippen LogP contribution in [0.1, 0.15) is 55.2 Å². The fourth-order valence-electron chi connectivity index (χ4n) is 2.43. The quantitative estimate of drug-likeness (QED) is 0.613. The summed E-state index contributed by atoms with van der Waals surface area (Å²) in [6.07, 6.45) is 0. The fourth-order valence-corrected chi connectivity index (χ4v) is 2.69. The van der Waals surface area contributed by atoms with Gasteiger partial charge >= 0.3 is 0 Å². The van der Waals surface area contributed by atoms with Crippen molar-refractivity contribution in [3.05, 3.63) is 74.3 Å². The van der Waals surface area contributed by atoms with Crippen molar-refractivity contribution in [1.82, 2.24) is 5.32 Å². The molecule has 2 rings (SSSR count). The van der Waals surface area contributed by atoms with Crippen LogP contribution in [0.2, 0.25) is 5.02 Å². The lowest BCUT2D eigenvalue weighted by Crippen LogP contribution is -2.27. The number of nitro benzene ring substituents is 1. The van der Waals surface area contributed by atoms with E-state index in [1.54, 1.807) is 0 Å². The minimum atomic E-state index is -0.549. The molecule has 6 heteroatoms. The first-order valence-electron chi connectivity index (χ1n) is 7.95. The molecule has 0 radical (unpaired) electrons. The highest BCUT2D eigenvalue weighted by Crippen LogP contribution is 2.25. The lowest BCUT2D eigenvalue weighted by atomic mass is 9.86. The predicted molar refractivity (Wildman–Crippen MR) is 99.1 cm³/mol. The smallest absolute Gasteiger partial charge is 0.270 e. The molecule has 0 aliphatic rings. The van der Waals surface area contributed by atoms with Crippen molar-refractivity contribution in [2.24, 2.45) is 0 Å². The average Bonchev–Trinajstić information content (AvgIpc) is 2.53. The Morgan fingerprint density at radius 3 is 2.24 bits per heavy atom. The summed E-state index contributed by atoms with van der Waals surface area (Å²) in [4.78, 5) is 22.6. The van der Waals surface area contributed by atoms with E-state index in [1.807, 2.05) is 19.1 Å². The van der Waals surface area contributed by atoms with E-state index in [1.165, 1.54) is 23.8 Å². The maximum Gasteiger partial charge on any atom is 0.270 e. The van der Waals surface area contributed by atoms with Crippen LogP contribution in [0.3, 0.4) is 0 Å². The van der Waals surface area contributed by atoms with Crippen LogP contribution in [0.25, 0.3) is 0 Å². The molecule has 0 saturated heterocycles. The summed E-state index contributed by atoms with van der Waals surface area (Å²) in [6, 6.07) is 11.7. The van der Waals surface area contributed by atoms with Gasteiger partial charge in [-0.05, 0) is 29.5 Å². The summed E-state index contributed by atoms with van der Waals surface area (Å²) in [5, 5.41) is 13.7. The number of halogens is 1. The van der Waals surface area contributed by atoms with E-state index >= 15 is 0 Å². The van der Waals surface area contributed by atoms with Gasteiger partial charge in [0.1, 0.15) is 0 Å². The molecule has 0 aromatic heterocycles. The second-order valence-electron chi connectivity index (χ2n) is 6.99. The van der Waals surface area contributed by atoms with Gasteiger partial charge in [-0.2, -0.15) is 0 Å². The van der Waals surface area contributed by atoms with Gasteiger partial charge in [-0.1, -0.05) is 56.6 Å². The molecule has 0 fully saturated rings. The molecule has 2 aromatic rings. The number of rotatable bonds is 4. The van der Waals surface area contributed by atoms with Crippen LogP contribution >= 0.6 is 11.6 Å². The first-order chi connectivity index (χ1) is 11.6. The molecular formula is C19H21ClN2O3. The van der Waals surface area contributed by atoms with Crippen molar-refractivity contribution in [2.45, 2.75) is 39.2 Å². The highest BCUT2D eigenvalue weighted by molar-refractivity contribution is 6.34. The van der Waals surface area contributed by atoms with E-state index in [4.69, 9.17) is 11.6 Å². The Labute approximate surface area is 152 Å². The van der Waals surface area contributed by atoms with Crippen molar-refractivity contribution in [3.8, 4) is 0 Å². The number of carbonyl (C=O) groups is 1. The van der Waals surface area contributed by atoms with Gasteiger partial charge in [0.2, 0.25) is 0 Å². The number of benzene rings is 2. The maximum absolute atomic E-state index is 12.4. The Morgan fingerprint density at radius 2 is 1.76 bits per heavy atom. The molecule has 0 unspecified atom stereocenters. The molecule has 0 aliphatic carbocycles. The van der Waals surface area contributed by atoms with Gasteiger partial charge in [0.25, 0.3) is 11.6 Å². The number of nitro groups is 1. The van der Waals surface area contributed by atoms with E-state index < -0.39 is 4.92 Å². The van der Waals surface area contributed by atoms with Gasteiger partial charge in [-0.25, -0.2) is 0 Å². The molecule has 0 spiro atoms. The first kappa shape index (κ1) is 18.9. The molecule has 0 saturated carbocycles. The van der Waals surface area contributed by atoms with Crippen molar-refractivity contribution in [1.29, 1.82) is 0 Å². The van der Waals surface area contributed by atoms with E-state index in [-0.39, 0.29) is 33.6 Å². The summed E-state index contributed by atoms with van der Waals surface area (Å²) in [5.41, 5.74) is 2.32. The predicted octanol–water partition coefficient (Wildman–Crippen LogP) is 5.04. The number of nitrogens with zero attached hydrogens (tertiary/aromatic N) is 1. The standard InChI is InChI=1S/C19H21ClN2O3/c1-12(13-5-7-14(8-6-13)19(2,3)4)21-18(23)16-10-9-15(22(24)25)11-17(16)20/h5-12H,1-4H3,(H,21,23)/t12-/m1/s1.